The van der Waals surface area contributed by atoms with Gasteiger partial charge in [-0.25, -0.2) is 0 Å². The summed E-state index contributed by atoms with van der Waals surface area (Å²) in [6, 6.07) is 6.92. The van der Waals surface area contributed by atoms with Crippen molar-refractivity contribution < 1.29 is 9.47 Å². The fourth-order valence-corrected chi connectivity index (χ4v) is 5.06. The lowest BCUT2D eigenvalue weighted by Crippen LogP contribution is -2.38. The Hall–Kier alpha value is -2.71. The largest absolute Gasteiger partial charge is 0.462 e. The van der Waals surface area contributed by atoms with Crippen molar-refractivity contribution in [1.29, 1.82) is 0 Å². The van der Waals surface area contributed by atoms with Crippen LogP contribution in [-0.4, -0.2) is 73.1 Å². The third-order valence-corrected chi connectivity index (χ3v) is 6.82. The van der Waals surface area contributed by atoms with Gasteiger partial charge in [0, 0.05) is 44.4 Å². The molecule has 0 spiro atoms. The summed E-state index contributed by atoms with van der Waals surface area (Å²) in [6.45, 7) is 23.5. The highest BCUT2D eigenvalue weighted by Gasteiger charge is 2.19. The first kappa shape index (κ1) is 33.5. The number of nitrogens with zero attached hydrogens (tertiary/aromatic N) is 5. The van der Waals surface area contributed by atoms with E-state index < -0.39 is 0 Å². The monoisotopic (exact) mass is 554 g/mol. The van der Waals surface area contributed by atoms with Gasteiger partial charge in [0.15, 0.2) is 5.82 Å². The van der Waals surface area contributed by atoms with Crippen molar-refractivity contribution in [3.8, 4) is 6.01 Å². The highest BCUT2D eigenvalue weighted by Crippen LogP contribution is 2.27. The minimum atomic E-state index is 0.399. The van der Waals surface area contributed by atoms with E-state index in [0.29, 0.717) is 18.4 Å². The van der Waals surface area contributed by atoms with E-state index in [9.17, 15) is 0 Å². The van der Waals surface area contributed by atoms with E-state index in [2.05, 4.69) is 60.0 Å². The van der Waals surface area contributed by atoms with E-state index in [4.69, 9.17) is 19.6 Å². The van der Waals surface area contributed by atoms with Crippen LogP contribution in [0, 0.1) is 13.8 Å². The summed E-state index contributed by atoms with van der Waals surface area (Å²) in [5, 5.41) is 4.84. The summed E-state index contributed by atoms with van der Waals surface area (Å²) in [7, 11) is 0. The number of ether oxygens (including phenoxy) is 2. The van der Waals surface area contributed by atoms with Crippen LogP contribution in [-0.2, 0) is 11.2 Å². The van der Waals surface area contributed by atoms with Crippen LogP contribution in [0.5, 0.6) is 6.01 Å². The molecule has 0 radical (unpaired) electrons. The molecule has 0 bridgehead atoms. The third kappa shape index (κ3) is 10.0. The molecule has 1 fully saturated rings. The lowest BCUT2D eigenvalue weighted by molar-refractivity contribution is 0.0317. The molecule has 1 aromatic heterocycles. The lowest BCUT2D eigenvalue weighted by Gasteiger charge is -2.26. The van der Waals surface area contributed by atoms with Gasteiger partial charge < -0.3 is 14.4 Å². The van der Waals surface area contributed by atoms with Crippen LogP contribution in [0.3, 0.4) is 0 Å². The van der Waals surface area contributed by atoms with Crippen LogP contribution < -0.4 is 15.1 Å². The lowest BCUT2D eigenvalue weighted by atomic mass is 9.86. The molecule has 0 atom stereocenters. The molecule has 1 aromatic carbocycles. The molecule has 2 aliphatic rings. The van der Waals surface area contributed by atoms with Crippen LogP contribution in [0.4, 0.5) is 11.6 Å². The number of anilines is 2. The highest BCUT2D eigenvalue weighted by atomic mass is 16.5. The number of aryl methyl sites for hydroxylation is 2. The van der Waals surface area contributed by atoms with E-state index >= 15 is 0 Å². The Morgan fingerprint density at radius 1 is 0.975 bits per heavy atom. The van der Waals surface area contributed by atoms with Crippen LogP contribution >= 0.6 is 0 Å². The van der Waals surface area contributed by atoms with E-state index in [-0.39, 0.29) is 0 Å². The average molecular weight is 555 g/mol. The second kappa shape index (κ2) is 18.6. The molecule has 1 saturated heterocycles. The smallest absolute Gasteiger partial charge is 0.320 e. The van der Waals surface area contributed by atoms with Gasteiger partial charge in [-0.3, -0.25) is 10.3 Å². The number of nitrogens with one attached hydrogen (secondary N) is 1. The number of benzene rings is 1. The van der Waals surface area contributed by atoms with E-state index in [1.54, 1.807) is 0 Å². The van der Waals surface area contributed by atoms with Gasteiger partial charge in [-0.15, -0.1) is 0 Å². The van der Waals surface area contributed by atoms with E-state index in [1.165, 1.54) is 22.3 Å². The minimum Gasteiger partial charge on any atom is -0.462 e. The third-order valence-electron chi connectivity index (χ3n) is 6.82. The molecular formula is C32H54N6O2. The van der Waals surface area contributed by atoms with Gasteiger partial charge in [0.1, 0.15) is 12.4 Å². The van der Waals surface area contributed by atoms with Crippen LogP contribution in [0.1, 0.15) is 89.5 Å². The van der Waals surface area contributed by atoms with Crippen LogP contribution in [0.2, 0.25) is 0 Å². The molecule has 8 heteroatoms. The number of hydrazone groups is 1. The number of morpholine rings is 1. The summed E-state index contributed by atoms with van der Waals surface area (Å²) in [5.74, 6) is 1.55. The van der Waals surface area contributed by atoms with Crippen molar-refractivity contribution in [2.24, 2.45) is 5.10 Å². The quantitative estimate of drug-likeness (QED) is 0.312. The fourth-order valence-electron chi connectivity index (χ4n) is 5.06. The Bertz CT molecular complexity index is 1030. The minimum absolute atomic E-state index is 0.399. The zero-order valence-electron chi connectivity index (χ0n) is 26.5. The van der Waals surface area contributed by atoms with E-state index in [1.807, 2.05) is 33.8 Å². The van der Waals surface area contributed by atoms with Gasteiger partial charge >= 0.3 is 6.01 Å². The SMILES string of the molecule is CC.CC.CCCN(CCC)c1cc(N/N=C2\CCCc3c(C)cc(C)cc32)nc(OCCN2CCOCC2)n1. The molecule has 1 N–H and O–H groups in total. The summed E-state index contributed by atoms with van der Waals surface area (Å²) in [4.78, 5) is 14.1. The Balaban J connectivity index is 0.00000134. The second-order valence-electron chi connectivity index (χ2n) is 9.82. The topological polar surface area (TPSA) is 75.1 Å². The average Bonchev–Trinajstić information content (AvgIpc) is 2.98. The molecule has 224 valence electrons. The number of fused-ring (bicyclic) bond motifs is 1. The molecule has 0 saturated carbocycles. The van der Waals surface area contributed by atoms with Gasteiger partial charge in [0.25, 0.3) is 0 Å². The molecule has 0 unspecified atom stereocenters. The number of rotatable bonds is 11. The van der Waals surface area contributed by atoms with Crippen LogP contribution in [0.15, 0.2) is 23.3 Å². The van der Waals surface area contributed by atoms with Gasteiger partial charge in [-0.2, -0.15) is 15.1 Å². The first-order valence-electron chi connectivity index (χ1n) is 15.6. The Morgan fingerprint density at radius 3 is 2.35 bits per heavy atom. The molecule has 0 amide bonds. The molecule has 2 heterocycles. The Kier molecular flexibility index (Phi) is 15.6. The summed E-state index contributed by atoms with van der Waals surface area (Å²) in [5.41, 5.74) is 9.66. The highest BCUT2D eigenvalue weighted by molar-refractivity contribution is 6.03. The van der Waals surface area contributed by atoms with Crippen molar-refractivity contribution in [3.05, 3.63) is 40.5 Å². The van der Waals surface area contributed by atoms with Crippen molar-refractivity contribution in [2.45, 2.75) is 87.5 Å². The summed E-state index contributed by atoms with van der Waals surface area (Å²) >= 11 is 0. The maximum absolute atomic E-state index is 6.06. The van der Waals surface area contributed by atoms with Gasteiger partial charge in [-0.05, 0) is 63.1 Å². The Labute approximate surface area is 243 Å². The maximum Gasteiger partial charge on any atom is 0.320 e. The fraction of sp³-hybridized carbons (Fsp3) is 0.656. The maximum atomic E-state index is 6.06. The van der Waals surface area contributed by atoms with Gasteiger partial charge in [0.05, 0.1) is 18.9 Å². The van der Waals surface area contributed by atoms with Crippen molar-refractivity contribution in [1.82, 2.24) is 14.9 Å². The number of hydrogen-bond acceptors (Lipinski definition) is 8. The van der Waals surface area contributed by atoms with Gasteiger partial charge in [-0.1, -0.05) is 53.2 Å². The molecule has 2 aromatic rings. The molecule has 40 heavy (non-hydrogen) atoms. The summed E-state index contributed by atoms with van der Waals surface area (Å²) in [6.07, 6.45) is 5.29. The zero-order chi connectivity index (χ0) is 29.3. The number of hydrogen-bond donors (Lipinski definition) is 1. The molecule has 1 aliphatic heterocycles. The second-order valence-corrected chi connectivity index (χ2v) is 9.82. The van der Waals surface area contributed by atoms with E-state index in [0.717, 1.165) is 89.6 Å². The first-order valence-corrected chi connectivity index (χ1v) is 15.6. The normalized spacial score (nSPS) is 15.8. The first-order chi connectivity index (χ1) is 19.6. The zero-order valence-corrected chi connectivity index (χ0v) is 26.5. The molecule has 1 aliphatic carbocycles. The predicted octanol–water partition coefficient (Wildman–Crippen LogP) is 6.64. The standard InChI is InChI=1S/C28H42N6O2.2C2H6/c1-5-10-34(11-6-2)27-20-26(29-28(30-27)36-17-14-33-12-15-35-16-13-33)32-31-25-9-7-8-23-22(4)18-21(3)19-24(23)25;2*1-2/h18-20H,5-17H2,1-4H3,(H,29,30,32);2*1-2H3/b31-25+;;. The Morgan fingerprint density at radius 2 is 1.68 bits per heavy atom. The molecular weight excluding hydrogens is 500 g/mol. The summed E-state index contributed by atoms with van der Waals surface area (Å²) < 4.78 is 11.5. The van der Waals surface area contributed by atoms with Crippen molar-refractivity contribution >= 4 is 17.3 Å². The van der Waals surface area contributed by atoms with Crippen LogP contribution in [0.25, 0.3) is 0 Å². The van der Waals surface area contributed by atoms with Gasteiger partial charge in [0.2, 0.25) is 0 Å². The molecule has 4 rings (SSSR count). The van der Waals surface area contributed by atoms with Crippen molar-refractivity contribution in [2.75, 3.05) is 62.9 Å². The molecule has 8 nitrogen and oxygen atoms in total. The van der Waals surface area contributed by atoms with Crippen molar-refractivity contribution in [3.63, 3.8) is 0 Å². The predicted molar refractivity (Wildman–Crippen MR) is 169 cm³/mol. The number of aromatic nitrogens is 2.